The number of fused-ring (bicyclic) bond motifs is 1. The van der Waals surface area contributed by atoms with Crippen molar-refractivity contribution < 1.29 is 14.1 Å². The van der Waals surface area contributed by atoms with Crippen LogP contribution in [0.3, 0.4) is 0 Å². The monoisotopic (exact) mass is 432 g/mol. The van der Waals surface area contributed by atoms with Crippen molar-refractivity contribution >= 4 is 5.97 Å². The first-order chi connectivity index (χ1) is 15.7. The van der Waals surface area contributed by atoms with E-state index in [4.69, 9.17) is 9.26 Å². The summed E-state index contributed by atoms with van der Waals surface area (Å²) >= 11 is 0. The zero-order valence-corrected chi connectivity index (χ0v) is 18.4. The van der Waals surface area contributed by atoms with Gasteiger partial charge < -0.3 is 9.26 Å². The van der Waals surface area contributed by atoms with Gasteiger partial charge in [-0.3, -0.25) is 9.80 Å². The zero-order valence-electron chi connectivity index (χ0n) is 18.4. The van der Waals surface area contributed by atoms with Crippen LogP contribution in [0.4, 0.5) is 0 Å². The highest BCUT2D eigenvalue weighted by molar-refractivity contribution is 5.89. The van der Waals surface area contributed by atoms with Crippen LogP contribution in [-0.2, 0) is 24.1 Å². The van der Waals surface area contributed by atoms with Crippen molar-refractivity contribution in [3.8, 4) is 11.4 Å². The normalized spacial score (nSPS) is 19.5. The number of carbonyl (C=O) groups is 1. The molecule has 0 unspecified atom stereocenters. The molecule has 1 aliphatic heterocycles. The summed E-state index contributed by atoms with van der Waals surface area (Å²) in [6.07, 6.45) is 3.60. The van der Waals surface area contributed by atoms with E-state index in [0.29, 0.717) is 29.9 Å². The number of ether oxygens (including phenoxy) is 1. The summed E-state index contributed by atoms with van der Waals surface area (Å²) in [5.41, 5.74) is 4.35. The molecular formula is C25H28N4O3. The van der Waals surface area contributed by atoms with Gasteiger partial charge in [-0.15, -0.1) is 0 Å². The fourth-order valence-electron chi connectivity index (χ4n) is 4.78. The van der Waals surface area contributed by atoms with E-state index in [1.807, 2.05) is 12.1 Å². The minimum atomic E-state index is -0.359. The number of benzene rings is 2. The van der Waals surface area contributed by atoms with Gasteiger partial charge in [-0.2, -0.15) is 4.98 Å². The second-order valence-electron chi connectivity index (χ2n) is 8.56. The first kappa shape index (κ1) is 20.8. The predicted molar refractivity (Wildman–Crippen MR) is 120 cm³/mol. The Morgan fingerprint density at radius 1 is 1.06 bits per heavy atom. The summed E-state index contributed by atoms with van der Waals surface area (Å²) in [6, 6.07) is 16.5. The second kappa shape index (κ2) is 9.22. The molecule has 1 fully saturated rings. The average molecular weight is 433 g/mol. The van der Waals surface area contributed by atoms with Crippen LogP contribution < -0.4 is 0 Å². The molecular weight excluding hydrogens is 404 g/mol. The van der Waals surface area contributed by atoms with E-state index in [1.165, 1.54) is 31.1 Å². The van der Waals surface area contributed by atoms with E-state index >= 15 is 0 Å². The molecule has 1 aromatic heterocycles. The van der Waals surface area contributed by atoms with Gasteiger partial charge in [0.15, 0.2) is 0 Å². The molecule has 0 amide bonds. The lowest BCUT2D eigenvalue weighted by atomic mass is 9.87. The maximum Gasteiger partial charge on any atom is 0.337 e. The summed E-state index contributed by atoms with van der Waals surface area (Å²) in [5, 5.41) is 4.12. The second-order valence-corrected chi connectivity index (χ2v) is 8.56. The molecule has 0 spiro atoms. The topological polar surface area (TPSA) is 71.7 Å². The number of rotatable bonds is 5. The number of methoxy groups -OCH3 is 1. The van der Waals surface area contributed by atoms with Crippen molar-refractivity contribution in [2.45, 2.75) is 31.8 Å². The average Bonchev–Trinajstić information content (AvgIpc) is 3.32. The Morgan fingerprint density at radius 3 is 2.56 bits per heavy atom. The van der Waals surface area contributed by atoms with Crippen LogP contribution >= 0.6 is 0 Å². The maximum absolute atomic E-state index is 11.6. The molecule has 166 valence electrons. The molecule has 2 heterocycles. The number of hydrogen-bond donors (Lipinski definition) is 0. The van der Waals surface area contributed by atoms with Gasteiger partial charge in [0.25, 0.3) is 0 Å². The Kier molecular flexibility index (Phi) is 6.01. The summed E-state index contributed by atoms with van der Waals surface area (Å²) in [6.45, 7) is 4.81. The van der Waals surface area contributed by atoms with Crippen LogP contribution in [0.1, 0.15) is 33.8 Å². The summed E-state index contributed by atoms with van der Waals surface area (Å²) in [7, 11) is 1.37. The van der Waals surface area contributed by atoms with Gasteiger partial charge in [-0.1, -0.05) is 41.6 Å². The van der Waals surface area contributed by atoms with Crippen LogP contribution in [-0.4, -0.2) is 65.2 Å². The molecule has 7 nitrogen and oxygen atoms in total. The lowest BCUT2D eigenvalue weighted by Gasteiger charge is -2.40. The van der Waals surface area contributed by atoms with Crippen molar-refractivity contribution in [3.63, 3.8) is 0 Å². The van der Waals surface area contributed by atoms with Crippen LogP contribution in [0, 0.1) is 0 Å². The maximum atomic E-state index is 11.6. The van der Waals surface area contributed by atoms with E-state index in [1.54, 1.807) is 12.1 Å². The first-order valence-corrected chi connectivity index (χ1v) is 11.2. The van der Waals surface area contributed by atoms with Crippen molar-refractivity contribution in [2.75, 3.05) is 33.3 Å². The molecule has 0 N–H and O–H groups in total. The number of aryl methyl sites for hydroxylation is 1. The highest BCUT2D eigenvalue weighted by Crippen LogP contribution is 2.25. The fourth-order valence-corrected chi connectivity index (χ4v) is 4.78. The quantitative estimate of drug-likeness (QED) is 0.574. The number of aromatic nitrogens is 2. The van der Waals surface area contributed by atoms with Crippen molar-refractivity contribution in [3.05, 3.63) is 71.1 Å². The van der Waals surface area contributed by atoms with Gasteiger partial charge in [0.1, 0.15) is 0 Å². The lowest BCUT2D eigenvalue weighted by Crippen LogP contribution is -2.51. The molecule has 1 saturated heterocycles. The highest BCUT2D eigenvalue weighted by atomic mass is 16.5. The van der Waals surface area contributed by atoms with Gasteiger partial charge in [0.05, 0.1) is 19.2 Å². The molecule has 32 heavy (non-hydrogen) atoms. The van der Waals surface area contributed by atoms with Crippen molar-refractivity contribution in [2.24, 2.45) is 0 Å². The van der Waals surface area contributed by atoms with Crippen LogP contribution in [0.2, 0.25) is 0 Å². The molecule has 2 aliphatic rings. The predicted octanol–water partition coefficient (Wildman–Crippen LogP) is 3.20. The first-order valence-electron chi connectivity index (χ1n) is 11.2. The number of nitrogens with zero attached hydrogens (tertiary/aromatic N) is 4. The zero-order chi connectivity index (χ0) is 21.9. The minimum absolute atomic E-state index is 0.359. The third-order valence-corrected chi connectivity index (χ3v) is 6.64. The molecule has 0 radical (unpaired) electrons. The number of hydrogen-bond acceptors (Lipinski definition) is 7. The SMILES string of the molecule is COC(=O)c1ccc(-c2noc(CN3CCN([C@H]4CCc5ccccc5C4)CC3)n2)cc1. The minimum Gasteiger partial charge on any atom is -0.465 e. The molecule has 3 aromatic rings. The molecule has 1 aliphatic carbocycles. The number of esters is 1. The number of piperazine rings is 1. The Bertz CT molecular complexity index is 1070. The van der Waals surface area contributed by atoms with E-state index in [0.717, 1.165) is 38.2 Å². The molecule has 7 heteroatoms. The van der Waals surface area contributed by atoms with Gasteiger partial charge in [0.2, 0.25) is 11.7 Å². The van der Waals surface area contributed by atoms with Crippen molar-refractivity contribution in [1.82, 2.24) is 19.9 Å². The number of carbonyl (C=O) groups excluding carboxylic acids is 1. The molecule has 5 rings (SSSR count). The molecule has 0 saturated carbocycles. The smallest absolute Gasteiger partial charge is 0.337 e. The molecule has 2 aromatic carbocycles. The van der Waals surface area contributed by atoms with Gasteiger partial charge in [-0.05, 0) is 42.5 Å². The summed E-state index contributed by atoms with van der Waals surface area (Å²) < 4.78 is 10.2. The van der Waals surface area contributed by atoms with Gasteiger partial charge in [0, 0.05) is 37.8 Å². The van der Waals surface area contributed by atoms with E-state index < -0.39 is 0 Å². The standard InChI is InChI=1S/C25H28N4O3/c1-31-25(30)20-8-6-19(7-9-20)24-26-23(32-27-24)17-28-12-14-29(15-13-28)22-11-10-18-4-2-3-5-21(18)16-22/h2-9,22H,10-17H2,1H3/t22-/m0/s1. The van der Waals surface area contributed by atoms with E-state index in [9.17, 15) is 4.79 Å². The highest BCUT2D eigenvalue weighted by Gasteiger charge is 2.27. The Labute approximate surface area is 188 Å². The molecule has 0 bridgehead atoms. The van der Waals surface area contributed by atoms with Crippen molar-refractivity contribution in [1.29, 1.82) is 0 Å². The Morgan fingerprint density at radius 2 is 1.81 bits per heavy atom. The van der Waals surface area contributed by atoms with Gasteiger partial charge >= 0.3 is 5.97 Å². The van der Waals surface area contributed by atoms with Crippen LogP contribution in [0.25, 0.3) is 11.4 Å². The largest absolute Gasteiger partial charge is 0.465 e. The van der Waals surface area contributed by atoms with Gasteiger partial charge in [-0.25, -0.2) is 4.79 Å². The van der Waals surface area contributed by atoms with E-state index in [-0.39, 0.29) is 5.97 Å². The summed E-state index contributed by atoms with van der Waals surface area (Å²) in [5.74, 6) is 0.801. The fraction of sp³-hybridized carbons (Fsp3) is 0.400. The van der Waals surface area contributed by atoms with Crippen LogP contribution in [0.15, 0.2) is 53.1 Å². The Hall–Kier alpha value is -3.03. The molecule has 1 atom stereocenters. The lowest BCUT2D eigenvalue weighted by molar-refractivity contribution is 0.0600. The van der Waals surface area contributed by atoms with Crippen LogP contribution in [0.5, 0.6) is 0 Å². The third-order valence-electron chi connectivity index (χ3n) is 6.64. The summed E-state index contributed by atoms with van der Waals surface area (Å²) in [4.78, 5) is 21.2. The van der Waals surface area contributed by atoms with E-state index in [2.05, 4.69) is 44.2 Å². The Balaban J connectivity index is 1.14. The third kappa shape index (κ3) is 4.45.